The molecule has 0 aliphatic rings. The molecule has 0 saturated heterocycles. The maximum absolute atomic E-state index is 13.5. The molecule has 0 bridgehead atoms. The van der Waals surface area contributed by atoms with E-state index < -0.39 is 11.6 Å². The second-order valence-electron chi connectivity index (χ2n) is 4.10. The first-order chi connectivity index (χ1) is 9.08. The van der Waals surface area contributed by atoms with Gasteiger partial charge in [-0.3, -0.25) is 9.69 Å². The zero-order chi connectivity index (χ0) is 14.3. The summed E-state index contributed by atoms with van der Waals surface area (Å²) in [5.74, 6) is -1.38. The molecule has 1 amide bonds. The molecule has 0 unspecified atom stereocenters. The molecule has 19 heavy (non-hydrogen) atoms. The van der Waals surface area contributed by atoms with Crippen LogP contribution in [0, 0.1) is 11.6 Å². The highest BCUT2D eigenvalue weighted by Gasteiger charge is 2.14. The van der Waals surface area contributed by atoms with Crippen LogP contribution in [0.4, 0.5) is 8.78 Å². The van der Waals surface area contributed by atoms with E-state index in [0.717, 1.165) is 0 Å². The molecule has 0 radical (unpaired) electrons. The van der Waals surface area contributed by atoms with E-state index in [4.69, 9.17) is 0 Å². The van der Waals surface area contributed by atoms with Crippen molar-refractivity contribution in [1.82, 2.24) is 10.2 Å². The summed E-state index contributed by atoms with van der Waals surface area (Å²) in [5.41, 5.74) is -0.0131. The molecule has 1 N–H and O–H groups in total. The zero-order valence-corrected chi connectivity index (χ0v) is 11.0. The number of carbonyl (C=O) groups excluding carboxylic acids is 1. The first-order valence-corrected chi connectivity index (χ1v) is 6.11. The fourth-order valence-corrected chi connectivity index (χ4v) is 1.63. The minimum atomic E-state index is -0.593. The Kier molecular flexibility index (Phi) is 6.15. The fourth-order valence-electron chi connectivity index (χ4n) is 1.63. The molecule has 0 aromatic heterocycles. The van der Waals surface area contributed by atoms with Crippen LogP contribution in [-0.4, -0.2) is 30.4 Å². The van der Waals surface area contributed by atoms with E-state index in [2.05, 4.69) is 11.9 Å². The largest absolute Gasteiger partial charge is 0.352 e. The number of amides is 1. The van der Waals surface area contributed by atoms with Gasteiger partial charge in [0.2, 0.25) is 5.91 Å². The number of nitrogens with one attached hydrogen (secondary N) is 1. The number of likely N-dealkylation sites (N-methyl/N-ethyl adjacent to an activating group) is 1. The van der Waals surface area contributed by atoms with Crippen LogP contribution in [0.25, 0.3) is 0 Å². The van der Waals surface area contributed by atoms with Crippen molar-refractivity contribution in [3.05, 3.63) is 48.1 Å². The van der Waals surface area contributed by atoms with E-state index in [0.29, 0.717) is 13.1 Å². The van der Waals surface area contributed by atoms with Gasteiger partial charge in [0.05, 0.1) is 6.54 Å². The van der Waals surface area contributed by atoms with Gasteiger partial charge in [-0.25, -0.2) is 8.78 Å². The van der Waals surface area contributed by atoms with E-state index in [-0.39, 0.29) is 24.6 Å². The number of carbonyl (C=O) groups is 1. The Labute approximate surface area is 111 Å². The number of hydrogen-bond acceptors (Lipinski definition) is 2. The Bertz CT molecular complexity index is 429. The topological polar surface area (TPSA) is 32.3 Å². The Morgan fingerprint density at radius 1 is 1.42 bits per heavy atom. The molecule has 3 nitrogen and oxygen atoms in total. The normalized spacial score (nSPS) is 10.5. The first-order valence-electron chi connectivity index (χ1n) is 6.11. The van der Waals surface area contributed by atoms with Gasteiger partial charge in [-0.15, -0.1) is 6.58 Å². The molecule has 0 saturated carbocycles. The molecule has 0 aliphatic heterocycles. The molecule has 0 fully saturated rings. The van der Waals surface area contributed by atoms with Crippen LogP contribution in [0.15, 0.2) is 30.9 Å². The van der Waals surface area contributed by atoms with Gasteiger partial charge in [0.25, 0.3) is 0 Å². The average Bonchev–Trinajstić information content (AvgIpc) is 2.39. The molecule has 0 heterocycles. The zero-order valence-electron chi connectivity index (χ0n) is 11.0. The Hall–Kier alpha value is -1.75. The highest BCUT2D eigenvalue weighted by Crippen LogP contribution is 2.14. The Morgan fingerprint density at radius 2 is 2.05 bits per heavy atom. The standard InChI is InChI=1S/C14H18F2N2O/c1-3-8-17-14(19)10-18(4-2)9-11-12(15)6-5-7-13(11)16/h3,5-7H,1,4,8-10H2,2H3,(H,17,19). The second kappa shape index (κ2) is 7.63. The third-order valence-corrected chi connectivity index (χ3v) is 2.70. The van der Waals surface area contributed by atoms with Crippen molar-refractivity contribution < 1.29 is 13.6 Å². The summed E-state index contributed by atoms with van der Waals surface area (Å²) in [4.78, 5) is 13.2. The van der Waals surface area contributed by atoms with Gasteiger partial charge in [0, 0.05) is 18.7 Å². The fraction of sp³-hybridized carbons (Fsp3) is 0.357. The van der Waals surface area contributed by atoms with Crippen molar-refractivity contribution in [1.29, 1.82) is 0 Å². The number of hydrogen-bond donors (Lipinski definition) is 1. The molecule has 0 atom stereocenters. The van der Waals surface area contributed by atoms with Crippen LogP contribution < -0.4 is 5.32 Å². The molecular formula is C14H18F2N2O. The van der Waals surface area contributed by atoms with Crippen molar-refractivity contribution in [3.63, 3.8) is 0 Å². The number of halogens is 2. The maximum atomic E-state index is 13.5. The second-order valence-corrected chi connectivity index (χ2v) is 4.10. The first kappa shape index (κ1) is 15.3. The highest BCUT2D eigenvalue weighted by atomic mass is 19.1. The third kappa shape index (κ3) is 4.79. The molecule has 0 aliphatic carbocycles. The van der Waals surface area contributed by atoms with Gasteiger partial charge >= 0.3 is 0 Å². The average molecular weight is 268 g/mol. The highest BCUT2D eigenvalue weighted by molar-refractivity contribution is 5.78. The van der Waals surface area contributed by atoms with E-state index >= 15 is 0 Å². The van der Waals surface area contributed by atoms with Gasteiger partial charge < -0.3 is 5.32 Å². The summed E-state index contributed by atoms with van der Waals surface area (Å²) < 4.78 is 27.0. The summed E-state index contributed by atoms with van der Waals surface area (Å²) in [7, 11) is 0. The summed E-state index contributed by atoms with van der Waals surface area (Å²) in [5, 5.41) is 2.63. The minimum absolute atomic E-state index is 0.0131. The van der Waals surface area contributed by atoms with Crippen LogP contribution >= 0.6 is 0 Å². The van der Waals surface area contributed by atoms with Gasteiger partial charge in [0.1, 0.15) is 11.6 Å². The number of nitrogens with zero attached hydrogens (tertiary/aromatic N) is 1. The van der Waals surface area contributed by atoms with E-state index in [1.807, 2.05) is 6.92 Å². The quantitative estimate of drug-likeness (QED) is 0.768. The van der Waals surface area contributed by atoms with E-state index in [1.165, 1.54) is 18.2 Å². The van der Waals surface area contributed by atoms with Crippen molar-refractivity contribution in [3.8, 4) is 0 Å². The SMILES string of the molecule is C=CCNC(=O)CN(CC)Cc1c(F)cccc1F. The van der Waals surface area contributed by atoms with Crippen LogP contribution in [0.3, 0.4) is 0 Å². The van der Waals surface area contributed by atoms with Crippen molar-refractivity contribution >= 4 is 5.91 Å². The summed E-state index contributed by atoms with van der Waals surface area (Å²) >= 11 is 0. The summed E-state index contributed by atoms with van der Waals surface area (Å²) in [6.45, 7) is 6.39. The molecule has 5 heteroatoms. The number of rotatable bonds is 7. The maximum Gasteiger partial charge on any atom is 0.234 e. The predicted octanol–water partition coefficient (Wildman–Crippen LogP) is 2.09. The lowest BCUT2D eigenvalue weighted by molar-refractivity contribution is -0.122. The molecule has 1 aromatic rings. The molecule has 1 aromatic carbocycles. The van der Waals surface area contributed by atoms with Crippen LogP contribution in [0.2, 0.25) is 0 Å². The molecular weight excluding hydrogens is 250 g/mol. The molecule has 0 spiro atoms. The Morgan fingerprint density at radius 3 is 2.58 bits per heavy atom. The van der Waals surface area contributed by atoms with Gasteiger partial charge in [-0.1, -0.05) is 19.1 Å². The van der Waals surface area contributed by atoms with Crippen LogP contribution in [0.1, 0.15) is 12.5 Å². The van der Waals surface area contributed by atoms with Gasteiger partial charge in [0.15, 0.2) is 0 Å². The summed E-state index contributed by atoms with van der Waals surface area (Å²) in [6.07, 6.45) is 1.57. The lowest BCUT2D eigenvalue weighted by atomic mass is 10.2. The predicted molar refractivity (Wildman–Crippen MR) is 70.5 cm³/mol. The minimum Gasteiger partial charge on any atom is -0.352 e. The van der Waals surface area contributed by atoms with Gasteiger partial charge in [-0.05, 0) is 18.7 Å². The molecule has 1 rings (SSSR count). The smallest absolute Gasteiger partial charge is 0.234 e. The molecule has 104 valence electrons. The van der Waals surface area contributed by atoms with E-state index in [9.17, 15) is 13.6 Å². The van der Waals surface area contributed by atoms with E-state index in [1.54, 1.807) is 11.0 Å². The monoisotopic (exact) mass is 268 g/mol. The van der Waals surface area contributed by atoms with Crippen molar-refractivity contribution in [2.24, 2.45) is 0 Å². The third-order valence-electron chi connectivity index (χ3n) is 2.70. The summed E-state index contributed by atoms with van der Waals surface area (Å²) in [6, 6.07) is 3.75. The van der Waals surface area contributed by atoms with Crippen molar-refractivity contribution in [2.75, 3.05) is 19.6 Å². The van der Waals surface area contributed by atoms with Crippen LogP contribution in [-0.2, 0) is 11.3 Å². The van der Waals surface area contributed by atoms with Crippen molar-refractivity contribution in [2.45, 2.75) is 13.5 Å². The lowest BCUT2D eigenvalue weighted by Crippen LogP contribution is -2.37. The lowest BCUT2D eigenvalue weighted by Gasteiger charge is -2.20. The number of benzene rings is 1. The van der Waals surface area contributed by atoms with Crippen LogP contribution in [0.5, 0.6) is 0 Å². The Balaban J connectivity index is 2.66. The van der Waals surface area contributed by atoms with Gasteiger partial charge in [-0.2, -0.15) is 0 Å².